The third-order valence-electron chi connectivity index (χ3n) is 4.46. The lowest BCUT2D eigenvalue weighted by Crippen LogP contribution is -2.56. The molecule has 0 aromatic heterocycles. The van der Waals surface area contributed by atoms with Crippen LogP contribution in [-0.4, -0.2) is 56.7 Å². The molecule has 1 unspecified atom stereocenters. The summed E-state index contributed by atoms with van der Waals surface area (Å²) in [5.74, 6) is 0.00854. The van der Waals surface area contributed by atoms with Crippen LogP contribution in [0.3, 0.4) is 0 Å². The number of hydrogen-bond donors (Lipinski definition) is 2. The number of ether oxygens (including phenoxy) is 1. The van der Waals surface area contributed by atoms with Gasteiger partial charge in [-0.15, -0.1) is 24.8 Å². The van der Waals surface area contributed by atoms with Gasteiger partial charge in [-0.1, -0.05) is 31.2 Å². The van der Waals surface area contributed by atoms with Crippen molar-refractivity contribution in [2.75, 3.05) is 33.8 Å². The van der Waals surface area contributed by atoms with Crippen LogP contribution in [0.5, 0.6) is 0 Å². The molecule has 0 bridgehead atoms. The van der Waals surface area contributed by atoms with E-state index in [2.05, 4.69) is 46.7 Å². The summed E-state index contributed by atoms with van der Waals surface area (Å²) in [7, 11) is 4.07. The Labute approximate surface area is 163 Å². The van der Waals surface area contributed by atoms with Crippen LogP contribution < -0.4 is 10.6 Å². The molecule has 7 heteroatoms. The van der Waals surface area contributed by atoms with Crippen molar-refractivity contribution in [3.63, 3.8) is 0 Å². The van der Waals surface area contributed by atoms with Crippen LogP contribution in [0, 0.1) is 0 Å². The molecule has 1 heterocycles. The Morgan fingerprint density at radius 2 is 1.96 bits per heavy atom. The number of benzene rings is 1. The summed E-state index contributed by atoms with van der Waals surface area (Å²) in [4.78, 5) is 14.5. The van der Waals surface area contributed by atoms with E-state index in [9.17, 15) is 4.79 Å². The van der Waals surface area contributed by atoms with Gasteiger partial charge in [-0.2, -0.15) is 0 Å². The number of morpholine rings is 1. The first-order valence-corrected chi connectivity index (χ1v) is 8.41. The van der Waals surface area contributed by atoms with Gasteiger partial charge in [0, 0.05) is 13.1 Å². The Balaban J connectivity index is 0.00000288. The molecule has 0 aliphatic carbocycles. The smallest absolute Gasteiger partial charge is 0.239 e. The number of hydrogen-bond acceptors (Lipinski definition) is 4. The molecule has 1 aromatic rings. The minimum Gasteiger partial charge on any atom is -0.375 e. The third kappa shape index (κ3) is 6.76. The molecular weight excluding hydrogens is 361 g/mol. The van der Waals surface area contributed by atoms with Gasteiger partial charge in [0.05, 0.1) is 18.8 Å². The second-order valence-corrected chi connectivity index (χ2v) is 6.33. The molecule has 1 aromatic carbocycles. The zero-order valence-electron chi connectivity index (χ0n) is 15.5. The second-order valence-electron chi connectivity index (χ2n) is 6.33. The third-order valence-corrected chi connectivity index (χ3v) is 4.46. The van der Waals surface area contributed by atoms with Gasteiger partial charge < -0.3 is 20.3 Å². The zero-order valence-corrected chi connectivity index (χ0v) is 17.1. The van der Waals surface area contributed by atoms with Crippen LogP contribution in [0.15, 0.2) is 24.3 Å². The van der Waals surface area contributed by atoms with Gasteiger partial charge in [-0.3, -0.25) is 4.79 Å². The topological polar surface area (TPSA) is 53.6 Å². The Kier molecular flexibility index (Phi) is 11.3. The molecule has 1 aliphatic rings. The normalized spacial score (nSPS) is 21.0. The molecular formula is C18H31Cl2N3O2. The number of likely N-dealkylation sites (N-methyl/N-ethyl adjacent to an activating group) is 1. The van der Waals surface area contributed by atoms with E-state index in [1.54, 1.807) is 0 Å². The molecule has 2 N–H and O–H groups in total. The summed E-state index contributed by atoms with van der Waals surface area (Å²) in [5, 5.41) is 6.29. The number of carbonyl (C=O) groups excluding carboxylic acids is 1. The highest BCUT2D eigenvalue weighted by molar-refractivity contribution is 5.85. The number of nitrogens with one attached hydrogen (secondary N) is 2. The van der Waals surface area contributed by atoms with Crippen molar-refractivity contribution >= 4 is 30.7 Å². The number of nitrogens with zero attached hydrogens (tertiary/aromatic N) is 1. The van der Waals surface area contributed by atoms with E-state index in [1.807, 2.05) is 21.0 Å². The van der Waals surface area contributed by atoms with E-state index in [1.165, 1.54) is 11.1 Å². The van der Waals surface area contributed by atoms with E-state index in [0.717, 1.165) is 13.0 Å². The molecule has 2 rings (SSSR count). The van der Waals surface area contributed by atoms with Gasteiger partial charge in [0.15, 0.2) is 0 Å². The molecule has 5 nitrogen and oxygen atoms in total. The first kappa shape index (κ1) is 24.1. The average Bonchev–Trinajstić information content (AvgIpc) is 2.55. The monoisotopic (exact) mass is 391 g/mol. The molecule has 1 aliphatic heterocycles. The SMILES string of the molecule is CCc1ccc(C(CNC(=O)[C@H]2NCCO[C@@H]2C)N(C)C)cc1.Cl.Cl. The van der Waals surface area contributed by atoms with E-state index in [0.29, 0.717) is 13.2 Å². The van der Waals surface area contributed by atoms with E-state index in [4.69, 9.17) is 4.74 Å². The minimum absolute atomic E-state index is 0. The van der Waals surface area contributed by atoms with Gasteiger partial charge in [0.2, 0.25) is 5.91 Å². The minimum atomic E-state index is -0.269. The average molecular weight is 392 g/mol. The van der Waals surface area contributed by atoms with Gasteiger partial charge in [0.1, 0.15) is 6.04 Å². The van der Waals surface area contributed by atoms with E-state index >= 15 is 0 Å². The summed E-state index contributed by atoms with van der Waals surface area (Å²) < 4.78 is 5.54. The molecule has 1 saturated heterocycles. The molecule has 144 valence electrons. The fraction of sp³-hybridized carbons (Fsp3) is 0.611. The fourth-order valence-corrected chi connectivity index (χ4v) is 2.91. The van der Waals surface area contributed by atoms with Crippen molar-refractivity contribution in [3.8, 4) is 0 Å². The summed E-state index contributed by atoms with van der Waals surface area (Å²) in [6, 6.07) is 8.51. The number of amides is 1. The van der Waals surface area contributed by atoms with Gasteiger partial charge in [0.25, 0.3) is 0 Å². The van der Waals surface area contributed by atoms with Crippen LogP contribution >= 0.6 is 24.8 Å². The molecule has 0 radical (unpaired) electrons. The number of aryl methyl sites for hydroxylation is 1. The molecule has 25 heavy (non-hydrogen) atoms. The van der Waals surface area contributed by atoms with Gasteiger partial charge in [-0.05, 0) is 38.6 Å². The van der Waals surface area contributed by atoms with Crippen molar-refractivity contribution in [2.45, 2.75) is 38.5 Å². The van der Waals surface area contributed by atoms with Crippen LogP contribution in [0.1, 0.15) is 31.0 Å². The lowest BCUT2D eigenvalue weighted by Gasteiger charge is -2.31. The maximum Gasteiger partial charge on any atom is 0.239 e. The fourth-order valence-electron chi connectivity index (χ4n) is 2.91. The van der Waals surface area contributed by atoms with Crippen molar-refractivity contribution in [1.82, 2.24) is 15.5 Å². The Bertz CT molecular complexity index is 512. The number of carbonyl (C=O) groups is 1. The first-order valence-electron chi connectivity index (χ1n) is 8.41. The number of halogens is 2. The lowest BCUT2D eigenvalue weighted by molar-refractivity contribution is -0.129. The van der Waals surface area contributed by atoms with Crippen LogP contribution in [-0.2, 0) is 16.0 Å². The van der Waals surface area contributed by atoms with Crippen LogP contribution in [0.4, 0.5) is 0 Å². The van der Waals surface area contributed by atoms with Crippen molar-refractivity contribution in [2.24, 2.45) is 0 Å². The number of rotatable bonds is 6. The van der Waals surface area contributed by atoms with Gasteiger partial charge in [-0.25, -0.2) is 0 Å². The maximum absolute atomic E-state index is 12.4. The summed E-state index contributed by atoms with van der Waals surface area (Å²) in [6.45, 7) is 6.05. The zero-order chi connectivity index (χ0) is 16.8. The second kappa shape index (κ2) is 11.7. The van der Waals surface area contributed by atoms with E-state index in [-0.39, 0.29) is 48.9 Å². The van der Waals surface area contributed by atoms with Gasteiger partial charge >= 0.3 is 0 Å². The highest BCUT2D eigenvalue weighted by Crippen LogP contribution is 2.18. The van der Waals surface area contributed by atoms with Crippen LogP contribution in [0.2, 0.25) is 0 Å². The van der Waals surface area contributed by atoms with Crippen LogP contribution in [0.25, 0.3) is 0 Å². The van der Waals surface area contributed by atoms with Crippen molar-refractivity contribution in [1.29, 1.82) is 0 Å². The quantitative estimate of drug-likeness (QED) is 0.780. The van der Waals surface area contributed by atoms with E-state index < -0.39 is 0 Å². The first-order chi connectivity index (χ1) is 11.0. The molecule has 0 spiro atoms. The predicted molar refractivity (Wildman–Crippen MR) is 107 cm³/mol. The molecule has 1 amide bonds. The maximum atomic E-state index is 12.4. The molecule has 3 atom stereocenters. The standard InChI is InChI=1S/C18H29N3O2.2ClH/c1-5-14-6-8-15(9-7-14)16(21(3)4)12-20-18(22)17-13(2)23-11-10-19-17;;/h6-9,13,16-17,19H,5,10-12H2,1-4H3,(H,20,22);2*1H/t13-,16?,17+;;/m1../s1. The summed E-state index contributed by atoms with van der Waals surface area (Å²) >= 11 is 0. The Morgan fingerprint density at radius 3 is 2.48 bits per heavy atom. The predicted octanol–water partition coefficient (Wildman–Crippen LogP) is 2.19. The van der Waals surface area contributed by atoms with Crippen molar-refractivity contribution in [3.05, 3.63) is 35.4 Å². The highest BCUT2D eigenvalue weighted by Gasteiger charge is 2.28. The van der Waals surface area contributed by atoms with Crippen molar-refractivity contribution < 1.29 is 9.53 Å². The Hall–Kier alpha value is -0.850. The molecule has 1 fully saturated rings. The summed E-state index contributed by atoms with van der Waals surface area (Å²) in [6.07, 6.45) is 0.944. The Morgan fingerprint density at radius 1 is 1.32 bits per heavy atom. The highest BCUT2D eigenvalue weighted by atomic mass is 35.5. The lowest BCUT2D eigenvalue weighted by atomic mass is 10.0. The molecule has 0 saturated carbocycles. The summed E-state index contributed by atoms with van der Waals surface area (Å²) in [5.41, 5.74) is 2.54. The largest absolute Gasteiger partial charge is 0.375 e.